The molecule has 0 spiro atoms. The molecule has 0 aromatic heterocycles. The van der Waals surface area contributed by atoms with Crippen LogP contribution in [0.3, 0.4) is 0 Å². The van der Waals surface area contributed by atoms with E-state index in [1.165, 1.54) is 4.31 Å². The van der Waals surface area contributed by atoms with Crippen LogP contribution >= 0.6 is 12.4 Å². The highest BCUT2D eigenvalue weighted by Crippen LogP contribution is 2.21. The van der Waals surface area contributed by atoms with E-state index < -0.39 is 21.7 Å². The van der Waals surface area contributed by atoms with Crippen molar-refractivity contribution in [3.8, 4) is 0 Å². The minimum atomic E-state index is -3.84. The van der Waals surface area contributed by atoms with Crippen LogP contribution in [-0.2, 0) is 10.0 Å². The van der Waals surface area contributed by atoms with E-state index in [1.807, 2.05) is 0 Å². The zero-order valence-electron chi connectivity index (χ0n) is 12.5. The molecule has 9 heteroatoms. The van der Waals surface area contributed by atoms with Gasteiger partial charge in [0.05, 0.1) is 4.90 Å². The molecule has 1 unspecified atom stereocenters. The first-order chi connectivity index (χ1) is 10.5. The Kier molecular flexibility index (Phi) is 5.96. The molecule has 1 atom stereocenters. The van der Waals surface area contributed by atoms with Crippen molar-refractivity contribution >= 4 is 22.4 Å². The van der Waals surface area contributed by atoms with Crippen LogP contribution in [0.5, 0.6) is 0 Å². The summed E-state index contributed by atoms with van der Waals surface area (Å²) in [4.78, 5) is 1.96. The molecule has 2 fully saturated rings. The van der Waals surface area contributed by atoms with Gasteiger partial charge in [-0.1, -0.05) is 0 Å². The maximum Gasteiger partial charge on any atom is 0.243 e. The summed E-state index contributed by atoms with van der Waals surface area (Å²) >= 11 is 0. The van der Waals surface area contributed by atoms with E-state index in [-0.39, 0.29) is 17.3 Å². The van der Waals surface area contributed by atoms with Gasteiger partial charge in [-0.25, -0.2) is 17.2 Å². The lowest BCUT2D eigenvalue weighted by molar-refractivity contribution is 0.145. The number of piperazine rings is 1. The van der Waals surface area contributed by atoms with Gasteiger partial charge in [0.25, 0.3) is 0 Å². The molecular formula is C14H20ClF2N3O2S. The van der Waals surface area contributed by atoms with Crippen molar-refractivity contribution in [2.75, 3.05) is 39.3 Å². The number of nitrogens with one attached hydrogen (secondary N) is 1. The fraction of sp³-hybridized carbons (Fsp3) is 0.571. The van der Waals surface area contributed by atoms with Gasteiger partial charge in [-0.3, -0.25) is 4.90 Å². The van der Waals surface area contributed by atoms with Gasteiger partial charge < -0.3 is 5.32 Å². The van der Waals surface area contributed by atoms with Crippen LogP contribution in [-0.4, -0.2) is 62.9 Å². The smallest absolute Gasteiger partial charge is 0.243 e. The molecule has 2 saturated heterocycles. The summed E-state index contributed by atoms with van der Waals surface area (Å²) < 4.78 is 52.8. The second-order valence-corrected chi connectivity index (χ2v) is 7.63. The second-order valence-electron chi connectivity index (χ2n) is 5.69. The Morgan fingerprint density at radius 2 is 1.65 bits per heavy atom. The van der Waals surface area contributed by atoms with E-state index in [0.29, 0.717) is 38.3 Å². The van der Waals surface area contributed by atoms with Gasteiger partial charge in [0.2, 0.25) is 10.0 Å². The van der Waals surface area contributed by atoms with Gasteiger partial charge in [-0.05, 0) is 25.1 Å². The summed E-state index contributed by atoms with van der Waals surface area (Å²) in [5, 5.41) is 3.29. The molecule has 130 valence electrons. The first-order valence-electron chi connectivity index (χ1n) is 7.38. The van der Waals surface area contributed by atoms with Gasteiger partial charge in [0.15, 0.2) is 0 Å². The molecule has 2 aliphatic heterocycles. The number of nitrogens with zero attached hydrogens (tertiary/aromatic N) is 2. The van der Waals surface area contributed by atoms with E-state index in [0.717, 1.165) is 31.6 Å². The highest BCUT2D eigenvalue weighted by molar-refractivity contribution is 7.89. The Balaban J connectivity index is 0.00000192. The van der Waals surface area contributed by atoms with E-state index >= 15 is 0 Å². The molecule has 3 rings (SSSR count). The molecule has 1 aromatic rings. The topological polar surface area (TPSA) is 52.7 Å². The van der Waals surface area contributed by atoms with Gasteiger partial charge in [-0.2, -0.15) is 4.31 Å². The zero-order chi connectivity index (χ0) is 15.7. The molecule has 2 heterocycles. The lowest BCUT2D eigenvalue weighted by atomic mass is 10.2. The largest absolute Gasteiger partial charge is 0.315 e. The Bertz CT molecular complexity index is 625. The van der Waals surface area contributed by atoms with Crippen molar-refractivity contribution in [1.82, 2.24) is 14.5 Å². The number of rotatable bonds is 3. The average Bonchev–Trinajstić information content (AvgIpc) is 3.00. The number of sulfonamides is 1. The lowest BCUT2D eigenvalue weighted by Crippen LogP contribution is -2.52. The summed E-state index contributed by atoms with van der Waals surface area (Å²) in [5.74, 6) is -1.76. The molecule has 0 saturated carbocycles. The lowest BCUT2D eigenvalue weighted by Gasteiger charge is -2.37. The second kappa shape index (κ2) is 7.40. The Morgan fingerprint density at radius 1 is 1.04 bits per heavy atom. The number of hydrogen-bond donors (Lipinski definition) is 1. The van der Waals surface area contributed by atoms with Crippen molar-refractivity contribution in [3.05, 3.63) is 29.8 Å². The summed E-state index contributed by atoms with van der Waals surface area (Å²) in [5.41, 5.74) is 0. The Hall–Kier alpha value is -0.800. The maximum absolute atomic E-state index is 13.3. The monoisotopic (exact) mass is 367 g/mol. The van der Waals surface area contributed by atoms with Crippen LogP contribution in [0.4, 0.5) is 8.78 Å². The molecule has 5 nitrogen and oxygen atoms in total. The Morgan fingerprint density at radius 3 is 2.17 bits per heavy atom. The molecule has 23 heavy (non-hydrogen) atoms. The molecule has 1 N–H and O–H groups in total. The molecule has 2 aliphatic rings. The quantitative estimate of drug-likeness (QED) is 0.868. The van der Waals surface area contributed by atoms with E-state index in [9.17, 15) is 17.2 Å². The normalized spacial score (nSPS) is 23.7. The van der Waals surface area contributed by atoms with Crippen LogP contribution in [0.2, 0.25) is 0 Å². The van der Waals surface area contributed by atoms with Crippen molar-refractivity contribution < 1.29 is 17.2 Å². The van der Waals surface area contributed by atoms with Crippen LogP contribution < -0.4 is 5.32 Å². The molecule has 0 aliphatic carbocycles. The van der Waals surface area contributed by atoms with Crippen molar-refractivity contribution in [1.29, 1.82) is 0 Å². The van der Waals surface area contributed by atoms with Crippen LogP contribution in [0.15, 0.2) is 23.1 Å². The average molecular weight is 368 g/mol. The highest BCUT2D eigenvalue weighted by Gasteiger charge is 2.32. The minimum Gasteiger partial charge on any atom is -0.315 e. The molecule has 1 aromatic carbocycles. The first kappa shape index (κ1) is 18.5. The predicted octanol–water partition coefficient (Wildman–Crippen LogP) is 1.05. The third kappa shape index (κ3) is 4.00. The zero-order valence-corrected chi connectivity index (χ0v) is 14.2. The fourth-order valence-corrected chi connectivity index (χ4v) is 4.55. The summed E-state index contributed by atoms with van der Waals surface area (Å²) in [7, 11) is -3.84. The SMILES string of the molecule is Cl.O=S(=O)(c1cc(F)cc(F)c1)N1CCN(C2CCNC2)CC1. The summed E-state index contributed by atoms with van der Waals surface area (Å²) in [6.45, 7) is 3.90. The van der Waals surface area contributed by atoms with E-state index in [4.69, 9.17) is 0 Å². The standard InChI is InChI=1S/C14H19F2N3O2S.ClH/c15-11-7-12(16)9-14(8-11)22(20,21)19-5-3-18(4-6-19)13-1-2-17-10-13;/h7-9,13,17H,1-6,10H2;1H. The van der Waals surface area contributed by atoms with E-state index in [1.54, 1.807) is 0 Å². The van der Waals surface area contributed by atoms with Crippen LogP contribution in [0, 0.1) is 11.6 Å². The van der Waals surface area contributed by atoms with Crippen LogP contribution in [0.1, 0.15) is 6.42 Å². The van der Waals surface area contributed by atoms with Gasteiger partial charge in [0.1, 0.15) is 11.6 Å². The molecule has 0 amide bonds. The first-order valence-corrected chi connectivity index (χ1v) is 8.82. The summed E-state index contributed by atoms with van der Waals surface area (Å²) in [6.07, 6.45) is 1.07. The number of halogens is 3. The van der Waals surface area contributed by atoms with Gasteiger partial charge in [0, 0.05) is 44.8 Å². The van der Waals surface area contributed by atoms with Gasteiger partial charge >= 0.3 is 0 Å². The Labute approximate surface area is 141 Å². The highest BCUT2D eigenvalue weighted by atomic mass is 35.5. The van der Waals surface area contributed by atoms with Crippen LogP contribution in [0.25, 0.3) is 0 Å². The van der Waals surface area contributed by atoms with Crippen molar-refractivity contribution in [2.45, 2.75) is 17.4 Å². The minimum absolute atomic E-state index is 0. The molecule has 0 radical (unpaired) electrons. The van der Waals surface area contributed by atoms with E-state index in [2.05, 4.69) is 10.2 Å². The predicted molar refractivity (Wildman–Crippen MR) is 85.2 cm³/mol. The van der Waals surface area contributed by atoms with Crippen molar-refractivity contribution in [2.24, 2.45) is 0 Å². The maximum atomic E-state index is 13.3. The third-order valence-electron chi connectivity index (χ3n) is 4.30. The van der Waals surface area contributed by atoms with Crippen molar-refractivity contribution in [3.63, 3.8) is 0 Å². The number of hydrogen-bond acceptors (Lipinski definition) is 4. The number of benzene rings is 1. The fourth-order valence-electron chi connectivity index (χ4n) is 3.09. The molecular weight excluding hydrogens is 348 g/mol. The summed E-state index contributed by atoms with van der Waals surface area (Å²) in [6, 6.07) is 2.86. The third-order valence-corrected chi connectivity index (χ3v) is 6.17. The molecule has 0 bridgehead atoms. The van der Waals surface area contributed by atoms with Gasteiger partial charge in [-0.15, -0.1) is 12.4 Å².